The van der Waals surface area contributed by atoms with Crippen LogP contribution in [0.1, 0.15) is 26.3 Å². The summed E-state index contributed by atoms with van der Waals surface area (Å²) in [6.45, 7) is 6.17. The van der Waals surface area contributed by atoms with Crippen LogP contribution in [0.2, 0.25) is 0 Å². The van der Waals surface area contributed by atoms with E-state index in [1.807, 2.05) is 18.2 Å². The highest BCUT2D eigenvalue weighted by atomic mass is 28.2. The number of aromatic hydroxyl groups is 2. The fourth-order valence-corrected chi connectivity index (χ4v) is 2.58. The second kappa shape index (κ2) is 4.30. The molecular weight excluding hydrogens is 244 g/mol. The summed E-state index contributed by atoms with van der Waals surface area (Å²) in [6.07, 6.45) is 0. The van der Waals surface area contributed by atoms with Crippen LogP contribution in [0.5, 0.6) is 11.5 Å². The molecule has 0 aliphatic heterocycles. The molecule has 0 aliphatic carbocycles. The molecule has 3 N–H and O–H groups in total. The first-order valence-electron chi connectivity index (χ1n) is 5.74. The van der Waals surface area contributed by atoms with Crippen LogP contribution in [-0.2, 0) is 5.41 Å². The van der Waals surface area contributed by atoms with E-state index in [0.717, 1.165) is 10.9 Å². The minimum absolute atomic E-state index is 0.132. The Labute approximate surface area is 109 Å². The van der Waals surface area contributed by atoms with Gasteiger partial charge in [-0.05, 0) is 22.4 Å². The van der Waals surface area contributed by atoms with Gasteiger partial charge in [0.05, 0.1) is 0 Å². The van der Waals surface area contributed by atoms with E-state index in [-0.39, 0.29) is 16.9 Å². The van der Waals surface area contributed by atoms with E-state index in [4.69, 9.17) is 0 Å². The number of phenols is 2. The van der Waals surface area contributed by atoms with Crippen molar-refractivity contribution in [2.75, 3.05) is 0 Å². The molecule has 0 heterocycles. The quantitative estimate of drug-likeness (QED) is 0.541. The van der Waals surface area contributed by atoms with Crippen molar-refractivity contribution in [3.8, 4) is 11.5 Å². The van der Waals surface area contributed by atoms with Gasteiger partial charge in [0.2, 0.25) is 0 Å². The van der Waals surface area contributed by atoms with Crippen molar-refractivity contribution in [3.63, 3.8) is 0 Å². The Bertz CT molecular complexity index is 600. The van der Waals surface area contributed by atoms with Crippen molar-refractivity contribution >= 4 is 25.7 Å². The molecule has 0 unspecified atom stereocenters. The molecule has 0 saturated carbocycles. The van der Waals surface area contributed by atoms with Gasteiger partial charge in [-0.2, -0.15) is 0 Å². The van der Waals surface area contributed by atoms with E-state index in [9.17, 15) is 15.0 Å². The van der Waals surface area contributed by atoms with E-state index in [2.05, 4.69) is 20.8 Å². The van der Waals surface area contributed by atoms with Gasteiger partial charge >= 0.3 is 0 Å². The molecule has 0 aliphatic rings. The second-order valence-corrected chi connectivity index (χ2v) is 6.15. The molecule has 18 heavy (non-hydrogen) atoms. The number of hydrogen-bond acceptors (Lipinski definition) is 3. The Morgan fingerprint density at radius 2 is 1.72 bits per heavy atom. The van der Waals surface area contributed by atoms with E-state index < -0.39 is 9.76 Å². The minimum atomic E-state index is -0.538. The van der Waals surface area contributed by atoms with Gasteiger partial charge in [-0.15, -0.1) is 0 Å². The van der Waals surface area contributed by atoms with Crippen LogP contribution < -0.4 is 5.19 Å². The van der Waals surface area contributed by atoms with Gasteiger partial charge in [0.25, 0.3) is 9.76 Å². The third-order valence-electron chi connectivity index (χ3n) is 3.04. The Kier molecular flexibility index (Phi) is 3.08. The minimum Gasteiger partial charge on any atom is -0.504 e. The van der Waals surface area contributed by atoms with Crippen LogP contribution in [0.4, 0.5) is 0 Å². The third-order valence-corrected chi connectivity index (χ3v) is 3.66. The highest BCUT2D eigenvalue weighted by Crippen LogP contribution is 2.38. The maximum absolute atomic E-state index is 10.2. The summed E-state index contributed by atoms with van der Waals surface area (Å²) in [4.78, 5) is 9.19. The van der Waals surface area contributed by atoms with Crippen LogP contribution in [0.3, 0.4) is 0 Å². The van der Waals surface area contributed by atoms with E-state index in [1.165, 1.54) is 0 Å². The van der Waals surface area contributed by atoms with E-state index in [0.29, 0.717) is 10.6 Å². The zero-order chi connectivity index (χ0) is 13.5. The molecular formula is C14H16O3Si. The normalized spacial score (nSPS) is 12.0. The number of phenolic OH excluding ortho intramolecular Hbond substituents is 2. The zero-order valence-electron chi connectivity index (χ0n) is 10.7. The molecule has 0 spiro atoms. The number of benzene rings is 2. The van der Waals surface area contributed by atoms with Crippen LogP contribution in [-0.4, -0.2) is 24.8 Å². The summed E-state index contributed by atoms with van der Waals surface area (Å²) in [5, 5.41) is 21.9. The van der Waals surface area contributed by atoms with Crippen LogP contribution in [0.25, 0.3) is 10.8 Å². The maximum atomic E-state index is 10.2. The summed E-state index contributed by atoms with van der Waals surface area (Å²) in [5.74, 6) is -0.366. The Balaban J connectivity index is 2.90. The van der Waals surface area contributed by atoms with Crippen molar-refractivity contribution < 1.29 is 15.0 Å². The largest absolute Gasteiger partial charge is 0.504 e. The summed E-state index contributed by atoms with van der Waals surface area (Å²) >= 11 is 0. The molecule has 2 aromatic rings. The SMILES string of the molecule is CC(C)(C)c1cccc2cc([Si]O)c(O)c(O)c12. The molecule has 94 valence electrons. The zero-order valence-corrected chi connectivity index (χ0v) is 11.7. The van der Waals surface area contributed by atoms with Crippen molar-refractivity contribution in [2.45, 2.75) is 26.2 Å². The van der Waals surface area contributed by atoms with Crippen molar-refractivity contribution in [1.82, 2.24) is 0 Å². The first-order chi connectivity index (χ1) is 8.36. The monoisotopic (exact) mass is 260 g/mol. The van der Waals surface area contributed by atoms with Gasteiger partial charge in [-0.25, -0.2) is 0 Å². The molecule has 0 aromatic heterocycles. The fraction of sp³-hybridized carbons (Fsp3) is 0.286. The lowest BCUT2D eigenvalue weighted by atomic mass is 9.83. The summed E-state index contributed by atoms with van der Waals surface area (Å²) < 4.78 is 0. The standard InChI is InChI=1S/C14H16O3Si/c1-14(2,3)9-6-4-5-8-7-10(18-17)12(15)13(16)11(8)9/h4-7,15-17H,1-3H3. The molecule has 2 aromatic carbocycles. The lowest BCUT2D eigenvalue weighted by molar-refractivity contribution is 0.409. The van der Waals surface area contributed by atoms with Gasteiger partial charge < -0.3 is 15.0 Å². The molecule has 2 rings (SSSR count). The van der Waals surface area contributed by atoms with Gasteiger partial charge in [-0.3, -0.25) is 0 Å². The molecule has 0 atom stereocenters. The average molecular weight is 260 g/mol. The summed E-state index contributed by atoms with van der Waals surface area (Å²) in [6, 6.07) is 7.46. The summed E-state index contributed by atoms with van der Waals surface area (Å²) in [7, 11) is -0.538. The number of rotatable bonds is 1. The second-order valence-electron chi connectivity index (χ2n) is 5.39. The average Bonchev–Trinajstić information content (AvgIpc) is 2.31. The molecule has 2 radical (unpaired) electrons. The van der Waals surface area contributed by atoms with Gasteiger partial charge in [0.15, 0.2) is 11.5 Å². The van der Waals surface area contributed by atoms with Crippen LogP contribution in [0, 0.1) is 0 Å². The van der Waals surface area contributed by atoms with Crippen molar-refractivity contribution in [2.24, 2.45) is 0 Å². The van der Waals surface area contributed by atoms with Crippen LogP contribution >= 0.6 is 0 Å². The molecule has 4 heteroatoms. The van der Waals surface area contributed by atoms with E-state index in [1.54, 1.807) is 6.07 Å². The van der Waals surface area contributed by atoms with Gasteiger partial charge in [0.1, 0.15) is 0 Å². The van der Waals surface area contributed by atoms with Crippen molar-refractivity contribution in [1.29, 1.82) is 0 Å². The van der Waals surface area contributed by atoms with Crippen molar-refractivity contribution in [3.05, 3.63) is 29.8 Å². The predicted molar refractivity (Wildman–Crippen MR) is 73.6 cm³/mol. The van der Waals surface area contributed by atoms with Gasteiger partial charge in [0, 0.05) is 10.6 Å². The highest BCUT2D eigenvalue weighted by Gasteiger charge is 2.21. The summed E-state index contributed by atoms with van der Waals surface area (Å²) in [5.41, 5.74) is 0.840. The Hall–Kier alpha value is -1.52. The first kappa shape index (κ1) is 12.9. The van der Waals surface area contributed by atoms with Gasteiger partial charge in [-0.1, -0.05) is 39.0 Å². The molecule has 3 nitrogen and oxygen atoms in total. The molecule has 0 saturated heterocycles. The smallest absolute Gasteiger partial charge is 0.269 e. The molecule has 0 amide bonds. The first-order valence-corrected chi connectivity index (χ1v) is 6.69. The third kappa shape index (κ3) is 1.98. The highest BCUT2D eigenvalue weighted by molar-refractivity contribution is 6.47. The fourth-order valence-electron chi connectivity index (χ4n) is 2.13. The Morgan fingerprint density at radius 1 is 1.06 bits per heavy atom. The predicted octanol–water partition coefficient (Wildman–Crippen LogP) is 1.79. The van der Waals surface area contributed by atoms with Crippen LogP contribution in [0.15, 0.2) is 24.3 Å². The number of fused-ring (bicyclic) bond motifs is 1. The lowest BCUT2D eigenvalue weighted by Crippen LogP contribution is -2.16. The Morgan fingerprint density at radius 3 is 2.28 bits per heavy atom. The molecule has 0 bridgehead atoms. The van der Waals surface area contributed by atoms with E-state index >= 15 is 0 Å². The number of hydrogen-bond donors (Lipinski definition) is 3. The topological polar surface area (TPSA) is 60.7 Å². The molecule has 0 fully saturated rings. The lowest BCUT2D eigenvalue weighted by Gasteiger charge is -2.22. The maximum Gasteiger partial charge on any atom is 0.269 e.